The maximum absolute atomic E-state index is 12.5. The zero-order valence-corrected chi connectivity index (χ0v) is 19.1. The summed E-state index contributed by atoms with van der Waals surface area (Å²) in [6.45, 7) is 8.41. The SMILES string of the molecule is C=CCn1c(SCc2nc3sc(C)c(C)c3c(=O)[nH]2)nnc1-c1ccc(Br)cc1. The molecule has 0 amide bonds. The van der Waals surface area contributed by atoms with E-state index >= 15 is 0 Å². The Morgan fingerprint density at radius 3 is 2.76 bits per heavy atom. The molecular weight excluding hydrogens is 470 g/mol. The molecule has 29 heavy (non-hydrogen) atoms. The molecule has 0 spiro atoms. The fourth-order valence-electron chi connectivity index (χ4n) is 3.00. The van der Waals surface area contributed by atoms with Crippen LogP contribution in [0.2, 0.25) is 0 Å². The standard InChI is InChI=1S/C20H18BrN5OS2/c1-4-9-26-17(13-5-7-14(21)8-6-13)24-25-20(26)28-10-15-22-18(27)16-11(2)12(3)29-19(16)23-15/h4-8H,1,9-10H2,2-3H3,(H,22,23,27). The summed E-state index contributed by atoms with van der Waals surface area (Å²) in [5.41, 5.74) is 1.89. The Hall–Kier alpha value is -2.23. The van der Waals surface area contributed by atoms with Crippen LogP contribution < -0.4 is 5.56 Å². The molecule has 6 nitrogen and oxygen atoms in total. The fraction of sp³-hybridized carbons (Fsp3) is 0.200. The minimum atomic E-state index is -0.0874. The summed E-state index contributed by atoms with van der Waals surface area (Å²) in [5, 5.41) is 10.2. The molecule has 1 aromatic carbocycles. The predicted molar refractivity (Wildman–Crippen MR) is 123 cm³/mol. The number of thiophene rings is 1. The van der Waals surface area contributed by atoms with Gasteiger partial charge in [-0.1, -0.05) is 45.9 Å². The van der Waals surface area contributed by atoms with E-state index in [1.54, 1.807) is 11.3 Å². The van der Waals surface area contributed by atoms with Crippen molar-refractivity contribution in [1.82, 2.24) is 24.7 Å². The monoisotopic (exact) mass is 487 g/mol. The normalized spacial score (nSPS) is 11.3. The van der Waals surface area contributed by atoms with E-state index in [1.165, 1.54) is 11.8 Å². The quantitative estimate of drug-likeness (QED) is 0.302. The van der Waals surface area contributed by atoms with Gasteiger partial charge < -0.3 is 4.98 Å². The third kappa shape index (κ3) is 3.94. The van der Waals surface area contributed by atoms with E-state index < -0.39 is 0 Å². The summed E-state index contributed by atoms with van der Waals surface area (Å²) in [6.07, 6.45) is 1.82. The summed E-state index contributed by atoms with van der Waals surface area (Å²) in [4.78, 5) is 21.9. The van der Waals surface area contributed by atoms with Crippen molar-refractivity contribution in [2.45, 2.75) is 31.3 Å². The summed E-state index contributed by atoms with van der Waals surface area (Å²) < 4.78 is 3.02. The Labute approximate surface area is 184 Å². The molecule has 3 heterocycles. The van der Waals surface area contributed by atoms with Crippen molar-refractivity contribution in [2.24, 2.45) is 0 Å². The maximum atomic E-state index is 12.5. The zero-order chi connectivity index (χ0) is 20.5. The summed E-state index contributed by atoms with van der Waals surface area (Å²) >= 11 is 6.50. The molecule has 9 heteroatoms. The van der Waals surface area contributed by atoms with Crippen LogP contribution in [-0.2, 0) is 12.3 Å². The van der Waals surface area contributed by atoms with Gasteiger partial charge in [0.05, 0.1) is 11.1 Å². The highest BCUT2D eigenvalue weighted by Crippen LogP contribution is 2.29. The first-order valence-electron chi connectivity index (χ1n) is 8.89. The Morgan fingerprint density at radius 1 is 1.28 bits per heavy atom. The first-order valence-corrected chi connectivity index (χ1v) is 11.5. The second-order valence-corrected chi connectivity index (χ2v) is 9.54. The van der Waals surface area contributed by atoms with E-state index in [4.69, 9.17) is 0 Å². The lowest BCUT2D eigenvalue weighted by Crippen LogP contribution is -2.11. The zero-order valence-electron chi connectivity index (χ0n) is 15.9. The van der Waals surface area contributed by atoms with Gasteiger partial charge >= 0.3 is 0 Å². The number of aromatic nitrogens is 5. The number of allylic oxidation sites excluding steroid dienone is 1. The van der Waals surface area contributed by atoms with E-state index in [2.05, 4.69) is 42.7 Å². The Balaban J connectivity index is 1.63. The minimum absolute atomic E-state index is 0.0874. The van der Waals surface area contributed by atoms with Crippen LogP contribution in [0.25, 0.3) is 21.6 Å². The van der Waals surface area contributed by atoms with Crippen molar-refractivity contribution in [3.63, 3.8) is 0 Å². The summed E-state index contributed by atoms with van der Waals surface area (Å²) in [6, 6.07) is 7.95. The number of fused-ring (bicyclic) bond motifs is 1. The molecule has 0 saturated heterocycles. The molecule has 0 aliphatic carbocycles. The molecule has 0 fully saturated rings. The Kier molecular flexibility index (Phi) is 5.71. The highest BCUT2D eigenvalue weighted by atomic mass is 79.9. The number of nitrogens with zero attached hydrogens (tertiary/aromatic N) is 4. The number of benzene rings is 1. The van der Waals surface area contributed by atoms with E-state index in [-0.39, 0.29) is 5.56 Å². The smallest absolute Gasteiger partial charge is 0.259 e. The first kappa shape index (κ1) is 20.1. The number of rotatable bonds is 6. The molecule has 0 radical (unpaired) electrons. The van der Waals surface area contributed by atoms with Gasteiger partial charge in [-0.2, -0.15) is 0 Å². The van der Waals surface area contributed by atoms with E-state index in [0.717, 1.165) is 36.3 Å². The van der Waals surface area contributed by atoms with Crippen molar-refractivity contribution in [1.29, 1.82) is 0 Å². The van der Waals surface area contributed by atoms with Crippen molar-refractivity contribution in [3.05, 3.63) is 68.0 Å². The van der Waals surface area contributed by atoms with Crippen molar-refractivity contribution < 1.29 is 0 Å². The minimum Gasteiger partial charge on any atom is -0.309 e. The number of aromatic amines is 1. The molecule has 0 saturated carbocycles. The van der Waals surface area contributed by atoms with Crippen LogP contribution in [-0.4, -0.2) is 24.7 Å². The van der Waals surface area contributed by atoms with Gasteiger partial charge in [0.2, 0.25) is 0 Å². The van der Waals surface area contributed by atoms with Crippen LogP contribution in [0.15, 0.2) is 51.3 Å². The second-order valence-electron chi connectivity index (χ2n) is 6.48. The molecule has 4 rings (SSSR count). The van der Waals surface area contributed by atoms with Gasteiger partial charge in [-0.15, -0.1) is 28.1 Å². The third-order valence-corrected chi connectivity index (χ3v) is 7.16. The fourth-order valence-corrected chi connectivity index (χ4v) is 5.13. The van der Waals surface area contributed by atoms with Crippen molar-refractivity contribution >= 4 is 49.2 Å². The number of hydrogen-bond donors (Lipinski definition) is 1. The van der Waals surface area contributed by atoms with Crippen LogP contribution in [0, 0.1) is 13.8 Å². The van der Waals surface area contributed by atoms with Crippen LogP contribution >= 0.6 is 39.0 Å². The van der Waals surface area contributed by atoms with Gasteiger partial charge in [0.15, 0.2) is 11.0 Å². The summed E-state index contributed by atoms with van der Waals surface area (Å²) in [7, 11) is 0. The largest absolute Gasteiger partial charge is 0.309 e. The Bertz CT molecular complexity index is 1260. The van der Waals surface area contributed by atoms with Gasteiger partial charge in [-0.3, -0.25) is 9.36 Å². The lowest BCUT2D eigenvalue weighted by atomic mass is 10.2. The molecule has 1 N–H and O–H groups in total. The highest BCUT2D eigenvalue weighted by Gasteiger charge is 2.16. The van der Waals surface area contributed by atoms with Crippen LogP contribution in [0.4, 0.5) is 0 Å². The topological polar surface area (TPSA) is 76.5 Å². The maximum Gasteiger partial charge on any atom is 0.259 e. The van der Waals surface area contributed by atoms with Crippen molar-refractivity contribution in [3.8, 4) is 11.4 Å². The van der Waals surface area contributed by atoms with E-state index in [9.17, 15) is 4.79 Å². The van der Waals surface area contributed by atoms with Gasteiger partial charge in [0, 0.05) is 21.5 Å². The lowest BCUT2D eigenvalue weighted by Gasteiger charge is -2.08. The number of H-pyrrole nitrogens is 1. The summed E-state index contributed by atoms with van der Waals surface area (Å²) in [5.74, 6) is 1.91. The first-order chi connectivity index (χ1) is 14.0. The second kappa shape index (κ2) is 8.25. The van der Waals surface area contributed by atoms with Gasteiger partial charge in [-0.05, 0) is 31.5 Å². The average Bonchev–Trinajstić information content (AvgIpc) is 3.22. The molecule has 0 aliphatic rings. The van der Waals surface area contributed by atoms with E-state index in [1.807, 2.05) is 48.8 Å². The molecule has 3 aromatic heterocycles. The molecule has 0 atom stereocenters. The van der Waals surface area contributed by atoms with Crippen LogP contribution in [0.5, 0.6) is 0 Å². The highest BCUT2D eigenvalue weighted by molar-refractivity contribution is 9.10. The molecular formula is C20H18BrN5OS2. The molecule has 0 aliphatic heterocycles. The van der Waals surface area contributed by atoms with Crippen LogP contribution in [0.3, 0.4) is 0 Å². The average molecular weight is 488 g/mol. The van der Waals surface area contributed by atoms with Crippen molar-refractivity contribution in [2.75, 3.05) is 0 Å². The van der Waals surface area contributed by atoms with Gasteiger partial charge in [0.1, 0.15) is 10.7 Å². The number of nitrogens with one attached hydrogen (secondary N) is 1. The van der Waals surface area contributed by atoms with Crippen LogP contribution in [0.1, 0.15) is 16.3 Å². The molecule has 0 unspecified atom stereocenters. The predicted octanol–water partition coefficient (Wildman–Crippen LogP) is 5.10. The number of aryl methyl sites for hydroxylation is 2. The molecule has 4 aromatic rings. The third-order valence-electron chi connectivity index (χ3n) is 4.56. The van der Waals surface area contributed by atoms with E-state index in [0.29, 0.717) is 23.5 Å². The number of hydrogen-bond acceptors (Lipinski definition) is 6. The van der Waals surface area contributed by atoms with Gasteiger partial charge in [-0.25, -0.2) is 4.98 Å². The van der Waals surface area contributed by atoms with Gasteiger partial charge in [0.25, 0.3) is 5.56 Å². The Morgan fingerprint density at radius 2 is 2.03 bits per heavy atom. The molecule has 148 valence electrons. The number of halogens is 1. The molecule has 0 bridgehead atoms. The lowest BCUT2D eigenvalue weighted by molar-refractivity contribution is 0.730. The number of thioether (sulfide) groups is 1.